The molecule has 0 saturated carbocycles. The highest BCUT2D eigenvalue weighted by Gasteiger charge is 2.17. The number of carbonyl (C=O) groups excluding carboxylic acids is 1. The molecule has 0 unspecified atom stereocenters. The number of hydrogen-bond donors (Lipinski definition) is 1. The smallest absolute Gasteiger partial charge is 0.335 e. The van der Waals surface area contributed by atoms with Crippen molar-refractivity contribution < 1.29 is 14.7 Å². The average Bonchev–Trinajstić information content (AvgIpc) is 2.58. The fourth-order valence-corrected chi connectivity index (χ4v) is 2.34. The van der Waals surface area contributed by atoms with Crippen LogP contribution in [0.15, 0.2) is 54.6 Å². The molecule has 0 aliphatic rings. The van der Waals surface area contributed by atoms with Crippen molar-refractivity contribution >= 4 is 11.9 Å². The topological polar surface area (TPSA) is 60.9 Å². The highest BCUT2D eigenvalue weighted by Crippen LogP contribution is 2.12. The zero-order chi connectivity index (χ0) is 17.5. The van der Waals surface area contributed by atoms with Crippen LogP contribution in [0.5, 0.6) is 0 Å². The minimum Gasteiger partial charge on any atom is -0.478 e. The number of aromatic carboxylic acids is 1. The van der Waals surface area contributed by atoms with E-state index in [9.17, 15) is 9.59 Å². The molecule has 0 aliphatic heterocycles. The Balaban J connectivity index is 2.23. The first-order valence-electron chi connectivity index (χ1n) is 7.78. The molecule has 0 atom stereocenters. The zero-order valence-electron chi connectivity index (χ0n) is 14.0. The third kappa shape index (κ3) is 4.93. The normalized spacial score (nSPS) is 10.6. The number of carbonyl (C=O) groups is 2. The van der Waals surface area contributed by atoms with E-state index in [4.69, 9.17) is 5.11 Å². The van der Waals surface area contributed by atoms with Crippen LogP contribution < -0.4 is 0 Å². The van der Waals surface area contributed by atoms with E-state index < -0.39 is 5.97 Å². The molecular weight excluding hydrogens is 304 g/mol. The molecule has 0 spiro atoms. The summed E-state index contributed by atoms with van der Waals surface area (Å²) in [6.07, 6.45) is 0. The van der Waals surface area contributed by atoms with Gasteiger partial charge in [-0.3, -0.25) is 4.79 Å². The number of hydrogen-bond acceptors (Lipinski definition) is 3. The maximum Gasteiger partial charge on any atom is 0.335 e. The molecule has 0 aromatic heterocycles. The Bertz CT molecular complexity index is 699. The van der Waals surface area contributed by atoms with E-state index in [-0.39, 0.29) is 11.5 Å². The Kier molecular flexibility index (Phi) is 6.09. The van der Waals surface area contributed by atoms with Crippen LogP contribution >= 0.6 is 0 Å². The second kappa shape index (κ2) is 8.26. The van der Waals surface area contributed by atoms with Gasteiger partial charge in [0.2, 0.25) is 0 Å². The lowest BCUT2D eigenvalue weighted by Gasteiger charge is -2.25. The molecule has 0 bridgehead atoms. The molecule has 24 heavy (non-hydrogen) atoms. The summed E-state index contributed by atoms with van der Waals surface area (Å²) in [6, 6.07) is 15.9. The van der Waals surface area contributed by atoms with Crippen LogP contribution in [0.4, 0.5) is 0 Å². The van der Waals surface area contributed by atoms with Crippen molar-refractivity contribution in [2.45, 2.75) is 6.54 Å². The summed E-state index contributed by atoms with van der Waals surface area (Å²) in [7, 11) is 3.91. The van der Waals surface area contributed by atoms with Gasteiger partial charge in [0.05, 0.1) is 5.56 Å². The summed E-state index contributed by atoms with van der Waals surface area (Å²) in [5.74, 6) is -1.20. The number of likely N-dealkylation sites (N-methyl/N-ethyl adjacent to an activating group) is 1. The average molecular weight is 326 g/mol. The van der Waals surface area contributed by atoms with Gasteiger partial charge < -0.3 is 14.9 Å². The van der Waals surface area contributed by atoms with Gasteiger partial charge in [-0.05, 0) is 37.9 Å². The maximum atomic E-state index is 12.9. The van der Waals surface area contributed by atoms with Crippen molar-refractivity contribution in [3.8, 4) is 0 Å². The van der Waals surface area contributed by atoms with Crippen molar-refractivity contribution in [2.75, 3.05) is 27.2 Å². The van der Waals surface area contributed by atoms with Crippen LogP contribution in [-0.4, -0.2) is 54.0 Å². The number of carboxylic acid groups (broad SMARTS) is 1. The fourth-order valence-electron chi connectivity index (χ4n) is 2.34. The summed E-state index contributed by atoms with van der Waals surface area (Å²) in [6.45, 7) is 1.79. The second-order valence-corrected chi connectivity index (χ2v) is 5.90. The van der Waals surface area contributed by atoms with E-state index in [0.717, 1.165) is 12.1 Å². The Morgan fingerprint density at radius 1 is 0.917 bits per heavy atom. The molecule has 2 aromatic carbocycles. The van der Waals surface area contributed by atoms with Gasteiger partial charge in [0.1, 0.15) is 0 Å². The van der Waals surface area contributed by atoms with Crippen molar-refractivity contribution in [2.24, 2.45) is 0 Å². The molecule has 5 nitrogen and oxygen atoms in total. The van der Waals surface area contributed by atoms with Gasteiger partial charge in [-0.2, -0.15) is 0 Å². The highest BCUT2D eigenvalue weighted by molar-refractivity contribution is 5.97. The quantitative estimate of drug-likeness (QED) is 0.849. The predicted octanol–water partition coefficient (Wildman–Crippen LogP) is 2.59. The standard InChI is InChI=1S/C19H22N2O3/c1-20(2)11-12-21(14-15-7-4-3-5-8-15)18(22)16-9-6-10-17(13-16)19(23)24/h3-10,13H,11-12,14H2,1-2H3,(H,23,24). The van der Waals surface area contributed by atoms with Crippen LogP contribution in [0.2, 0.25) is 0 Å². The van der Waals surface area contributed by atoms with E-state index in [0.29, 0.717) is 18.7 Å². The van der Waals surface area contributed by atoms with Crippen LogP contribution in [0, 0.1) is 0 Å². The van der Waals surface area contributed by atoms with E-state index in [1.54, 1.807) is 17.0 Å². The number of nitrogens with zero attached hydrogens (tertiary/aromatic N) is 2. The van der Waals surface area contributed by atoms with E-state index in [1.807, 2.05) is 49.3 Å². The minimum absolute atomic E-state index is 0.119. The SMILES string of the molecule is CN(C)CCN(Cc1ccccc1)C(=O)c1cccc(C(=O)O)c1. The van der Waals surface area contributed by atoms with Gasteiger partial charge in [0, 0.05) is 25.2 Å². The third-order valence-electron chi connectivity index (χ3n) is 3.68. The lowest BCUT2D eigenvalue weighted by atomic mass is 10.1. The van der Waals surface area contributed by atoms with Gasteiger partial charge >= 0.3 is 5.97 Å². The van der Waals surface area contributed by atoms with Crippen molar-refractivity contribution in [1.29, 1.82) is 0 Å². The molecule has 0 heterocycles. The van der Waals surface area contributed by atoms with Crippen molar-refractivity contribution in [3.63, 3.8) is 0 Å². The molecule has 0 fully saturated rings. The molecule has 5 heteroatoms. The Morgan fingerprint density at radius 3 is 2.21 bits per heavy atom. The van der Waals surface area contributed by atoms with E-state index in [2.05, 4.69) is 0 Å². The summed E-state index contributed by atoms with van der Waals surface area (Å²) >= 11 is 0. The Morgan fingerprint density at radius 2 is 1.58 bits per heavy atom. The van der Waals surface area contributed by atoms with Crippen LogP contribution in [0.3, 0.4) is 0 Å². The summed E-state index contributed by atoms with van der Waals surface area (Å²) < 4.78 is 0. The molecule has 0 radical (unpaired) electrons. The molecular formula is C19H22N2O3. The monoisotopic (exact) mass is 326 g/mol. The Labute approximate surface area is 142 Å². The van der Waals surface area contributed by atoms with Crippen LogP contribution in [0.1, 0.15) is 26.3 Å². The highest BCUT2D eigenvalue weighted by atomic mass is 16.4. The van der Waals surface area contributed by atoms with Crippen molar-refractivity contribution in [3.05, 3.63) is 71.3 Å². The fraction of sp³-hybridized carbons (Fsp3) is 0.263. The molecule has 0 aliphatic carbocycles. The second-order valence-electron chi connectivity index (χ2n) is 5.90. The first kappa shape index (κ1) is 17.7. The van der Waals surface area contributed by atoms with Gasteiger partial charge in [0.25, 0.3) is 5.91 Å². The predicted molar refractivity (Wildman–Crippen MR) is 93.1 cm³/mol. The Hall–Kier alpha value is -2.66. The first-order valence-corrected chi connectivity index (χ1v) is 7.78. The van der Waals surface area contributed by atoms with Gasteiger partial charge in [-0.25, -0.2) is 4.79 Å². The maximum absolute atomic E-state index is 12.9. The zero-order valence-corrected chi connectivity index (χ0v) is 14.0. The number of rotatable bonds is 7. The first-order chi connectivity index (χ1) is 11.5. The van der Waals surface area contributed by atoms with Crippen molar-refractivity contribution in [1.82, 2.24) is 9.80 Å². The molecule has 1 amide bonds. The lowest BCUT2D eigenvalue weighted by molar-refractivity contribution is 0.0697. The largest absolute Gasteiger partial charge is 0.478 e. The number of amides is 1. The van der Waals surface area contributed by atoms with E-state index >= 15 is 0 Å². The third-order valence-corrected chi connectivity index (χ3v) is 3.68. The summed E-state index contributed by atoms with van der Waals surface area (Å²) in [4.78, 5) is 27.7. The van der Waals surface area contributed by atoms with Gasteiger partial charge in [-0.15, -0.1) is 0 Å². The molecule has 1 N–H and O–H groups in total. The number of benzene rings is 2. The molecule has 2 rings (SSSR count). The van der Waals surface area contributed by atoms with Crippen LogP contribution in [0.25, 0.3) is 0 Å². The molecule has 126 valence electrons. The molecule has 0 saturated heterocycles. The van der Waals surface area contributed by atoms with E-state index in [1.165, 1.54) is 12.1 Å². The lowest BCUT2D eigenvalue weighted by Crippen LogP contribution is -2.36. The van der Waals surface area contributed by atoms with Gasteiger partial charge in [0.15, 0.2) is 0 Å². The summed E-state index contributed by atoms with van der Waals surface area (Å²) in [5, 5.41) is 9.11. The molecule has 2 aromatic rings. The minimum atomic E-state index is -1.03. The van der Waals surface area contributed by atoms with Crippen LogP contribution in [-0.2, 0) is 6.54 Å². The number of carboxylic acids is 1. The van der Waals surface area contributed by atoms with Gasteiger partial charge in [-0.1, -0.05) is 36.4 Å². The summed E-state index contributed by atoms with van der Waals surface area (Å²) in [5.41, 5.74) is 1.55.